The molecule has 22 heavy (non-hydrogen) atoms. The van der Waals surface area contributed by atoms with Crippen molar-refractivity contribution in [2.75, 3.05) is 25.4 Å². The van der Waals surface area contributed by atoms with Gasteiger partial charge in [0.15, 0.2) is 0 Å². The zero-order valence-electron chi connectivity index (χ0n) is 12.4. The fourth-order valence-electron chi connectivity index (χ4n) is 1.74. The molecule has 1 rings (SSSR count). The lowest BCUT2D eigenvalue weighted by atomic mass is 10.1. The van der Waals surface area contributed by atoms with Gasteiger partial charge in [-0.3, -0.25) is 9.35 Å². The molecule has 7 heteroatoms. The van der Waals surface area contributed by atoms with Crippen LogP contribution in [-0.2, 0) is 14.9 Å². The Kier molecular flexibility index (Phi) is 8.42. The maximum absolute atomic E-state index is 11.9. The number of nitrogens with one attached hydrogen (secondary N) is 2. The predicted octanol–water partition coefficient (Wildman–Crippen LogP) is 0.969. The highest BCUT2D eigenvalue weighted by atomic mass is 32.2. The minimum Gasteiger partial charge on any atom is -0.352 e. The minimum absolute atomic E-state index is 0.123. The molecular weight excluding hydrogens is 304 g/mol. The second kappa shape index (κ2) is 10.1. The van der Waals surface area contributed by atoms with Crippen molar-refractivity contribution in [3.05, 3.63) is 48.1 Å². The topological polar surface area (TPSA) is 95.5 Å². The molecule has 0 atom stereocenters. The Morgan fingerprint density at radius 2 is 1.68 bits per heavy atom. The summed E-state index contributed by atoms with van der Waals surface area (Å²) in [5.41, 5.74) is 0.599. The number of hydrogen-bond acceptors (Lipinski definition) is 4. The lowest BCUT2D eigenvalue weighted by Gasteiger charge is -2.07. The molecular formula is C15H22N2O4S. The maximum atomic E-state index is 11.9. The van der Waals surface area contributed by atoms with Gasteiger partial charge in [-0.15, -0.1) is 0 Å². The van der Waals surface area contributed by atoms with Crippen LogP contribution in [0.4, 0.5) is 0 Å². The van der Waals surface area contributed by atoms with Gasteiger partial charge in [-0.1, -0.05) is 30.4 Å². The van der Waals surface area contributed by atoms with Crippen LogP contribution in [0.2, 0.25) is 0 Å². The Morgan fingerprint density at radius 1 is 1.00 bits per heavy atom. The van der Waals surface area contributed by atoms with E-state index < -0.39 is 10.1 Å². The maximum Gasteiger partial charge on any atom is 0.264 e. The fraction of sp³-hybridized carbons (Fsp3) is 0.400. The van der Waals surface area contributed by atoms with E-state index in [0.29, 0.717) is 31.6 Å². The van der Waals surface area contributed by atoms with E-state index in [1.54, 1.807) is 12.2 Å². The zero-order chi connectivity index (χ0) is 16.3. The van der Waals surface area contributed by atoms with Crippen LogP contribution in [0.3, 0.4) is 0 Å². The van der Waals surface area contributed by atoms with Gasteiger partial charge in [0.25, 0.3) is 16.0 Å². The third kappa shape index (κ3) is 9.28. The summed E-state index contributed by atoms with van der Waals surface area (Å²) in [4.78, 5) is 11.9. The van der Waals surface area contributed by atoms with Crippen molar-refractivity contribution < 1.29 is 17.8 Å². The summed E-state index contributed by atoms with van der Waals surface area (Å²) in [7, 11) is -3.87. The number of rotatable bonds is 9. The molecule has 1 aliphatic rings. The van der Waals surface area contributed by atoms with Gasteiger partial charge >= 0.3 is 0 Å². The van der Waals surface area contributed by atoms with Crippen LogP contribution >= 0.6 is 0 Å². The third-order valence-electron chi connectivity index (χ3n) is 2.83. The molecule has 0 saturated carbocycles. The van der Waals surface area contributed by atoms with E-state index >= 15 is 0 Å². The summed E-state index contributed by atoms with van der Waals surface area (Å²) in [5, 5.41) is 5.88. The molecule has 0 heterocycles. The second-order valence-corrected chi connectivity index (χ2v) is 6.32. The quantitative estimate of drug-likeness (QED) is 0.433. The minimum atomic E-state index is -3.87. The zero-order valence-corrected chi connectivity index (χ0v) is 13.2. The molecule has 1 aliphatic carbocycles. The van der Waals surface area contributed by atoms with E-state index in [1.165, 1.54) is 0 Å². The summed E-state index contributed by atoms with van der Waals surface area (Å²) < 4.78 is 29.6. The highest BCUT2D eigenvalue weighted by Gasteiger charge is 2.05. The summed E-state index contributed by atoms with van der Waals surface area (Å²) in [6.07, 6.45) is 13.8. The lowest BCUT2D eigenvalue weighted by molar-refractivity contribution is -0.117. The van der Waals surface area contributed by atoms with Gasteiger partial charge in [-0.05, 0) is 38.1 Å². The standard InChI is InChI=1S/C15H22N2O4S/c18-15(14-8-4-2-1-3-5-9-14)17-12-6-10-16-11-7-13-22(19,20)21/h1-5,8-9,16H,6-7,10-13H2,(H,17,18)(H,19,20,21). The monoisotopic (exact) mass is 326 g/mol. The van der Waals surface area contributed by atoms with Crippen LogP contribution in [-0.4, -0.2) is 44.3 Å². The Bertz CT molecular complexity index is 574. The molecule has 1 amide bonds. The van der Waals surface area contributed by atoms with E-state index in [2.05, 4.69) is 10.6 Å². The van der Waals surface area contributed by atoms with E-state index in [4.69, 9.17) is 4.55 Å². The summed E-state index contributed by atoms with van der Waals surface area (Å²) >= 11 is 0. The first-order valence-electron chi connectivity index (χ1n) is 7.15. The van der Waals surface area contributed by atoms with E-state index in [9.17, 15) is 13.2 Å². The summed E-state index contributed by atoms with van der Waals surface area (Å²) in [5.74, 6) is -0.360. The highest BCUT2D eigenvalue weighted by Crippen LogP contribution is 2.01. The SMILES string of the molecule is O=C(NCCCNCCCS(=O)(=O)O)C1=CC=CC=CC=C1. The number of carbonyl (C=O) groups excluding carboxylic acids is 1. The van der Waals surface area contributed by atoms with Crippen molar-refractivity contribution >= 4 is 16.0 Å². The van der Waals surface area contributed by atoms with Crippen LogP contribution in [0.1, 0.15) is 12.8 Å². The smallest absolute Gasteiger partial charge is 0.264 e. The first-order chi connectivity index (χ1) is 10.5. The molecule has 0 spiro atoms. The van der Waals surface area contributed by atoms with E-state index in [-0.39, 0.29) is 11.7 Å². The van der Waals surface area contributed by atoms with Crippen molar-refractivity contribution in [1.82, 2.24) is 10.6 Å². The van der Waals surface area contributed by atoms with Gasteiger partial charge < -0.3 is 10.6 Å². The molecule has 0 aliphatic heterocycles. The molecule has 0 unspecified atom stereocenters. The van der Waals surface area contributed by atoms with Crippen LogP contribution in [0.25, 0.3) is 0 Å². The number of carbonyl (C=O) groups is 1. The molecule has 0 aromatic rings. The third-order valence-corrected chi connectivity index (χ3v) is 3.63. The van der Waals surface area contributed by atoms with Gasteiger partial charge in [-0.25, -0.2) is 0 Å². The fourth-order valence-corrected chi connectivity index (χ4v) is 2.25. The van der Waals surface area contributed by atoms with Crippen LogP contribution in [0.5, 0.6) is 0 Å². The molecule has 0 aromatic carbocycles. The molecule has 0 fully saturated rings. The second-order valence-electron chi connectivity index (χ2n) is 4.75. The number of allylic oxidation sites excluding steroid dienone is 6. The van der Waals surface area contributed by atoms with Crippen LogP contribution < -0.4 is 10.6 Å². The number of amides is 1. The first-order valence-corrected chi connectivity index (χ1v) is 8.76. The van der Waals surface area contributed by atoms with E-state index in [0.717, 1.165) is 6.42 Å². The molecule has 0 aromatic heterocycles. The molecule has 6 nitrogen and oxygen atoms in total. The van der Waals surface area contributed by atoms with Crippen molar-refractivity contribution in [2.24, 2.45) is 0 Å². The molecule has 3 N–H and O–H groups in total. The average Bonchev–Trinajstić information content (AvgIpc) is 2.40. The summed E-state index contributed by atoms with van der Waals surface area (Å²) in [6, 6.07) is 0. The average molecular weight is 326 g/mol. The highest BCUT2D eigenvalue weighted by molar-refractivity contribution is 7.85. The van der Waals surface area contributed by atoms with Crippen molar-refractivity contribution in [1.29, 1.82) is 0 Å². The molecule has 122 valence electrons. The van der Waals surface area contributed by atoms with Crippen molar-refractivity contribution in [3.63, 3.8) is 0 Å². The normalized spacial score (nSPS) is 14.3. The van der Waals surface area contributed by atoms with Gasteiger partial charge in [0, 0.05) is 12.1 Å². The van der Waals surface area contributed by atoms with Gasteiger partial charge in [0.2, 0.25) is 0 Å². The largest absolute Gasteiger partial charge is 0.352 e. The van der Waals surface area contributed by atoms with Gasteiger partial charge in [-0.2, -0.15) is 8.42 Å². The lowest BCUT2D eigenvalue weighted by Crippen LogP contribution is -2.28. The van der Waals surface area contributed by atoms with Crippen molar-refractivity contribution in [2.45, 2.75) is 12.8 Å². The van der Waals surface area contributed by atoms with Crippen LogP contribution in [0, 0.1) is 0 Å². The van der Waals surface area contributed by atoms with Gasteiger partial charge in [0.05, 0.1) is 5.75 Å². The Hall–Kier alpha value is -1.70. The summed E-state index contributed by atoms with van der Waals surface area (Å²) in [6.45, 7) is 1.72. The Labute approximate surface area is 131 Å². The molecule has 0 bridgehead atoms. The predicted molar refractivity (Wildman–Crippen MR) is 87.0 cm³/mol. The molecule has 0 saturated heterocycles. The Morgan fingerprint density at radius 3 is 2.45 bits per heavy atom. The van der Waals surface area contributed by atoms with Gasteiger partial charge in [0.1, 0.15) is 0 Å². The van der Waals surface area contributed by atoms with Crippen molar-refractivity contribution in [3.8, 4) is 0 Å². The van der Waals surface area contributed by atoms with Crippen LogP contribution in [0.15, 0.2) is 48.1 Å². The number of hydrogen-bond donors (Lipinski definition) is 3. The first kappa shape index (κ1) is 18.3. The Balaban J connectivity index is 2.10. The van der Waals surface area contributed by atoms with E-state index in [1.807, 2.05) is 30.4 Å². The molecule has 0 radical (unpaired) electrons.